The van der Waals surface area contributed by atoms with E-state index in [1.807, 2.05) is 0 Å². The molecule has 1 aliphatic heterocycles. The van der Waals surface area contributed by atoms with Gasteiger partial charge in [-0.3, -0.25) is 0 Å². The number of rotatable bonds is 22. The van der Waals surface area contributed by atoms with Gasteiger partial charge in [-0.25, -0.2) is 0 Å². The molecule has 1 saturated heterocycles. The Morgan fingerprint density at radius 1 is 0.595 bits per heavy atom. The molecule has 0 spiro atoms. The van der Waals surface area contributed by atoms with Gasteiger partial charge in [-0.05, 0) is 34.7 Å². The zero-order valence-electron chi connectivity index (χ0n) is 25.9. The second-order valence-corrected chi connectivity index (χ2v) is 15.5. The quantitative estimate of drug-likeness (QED) is 0.146. The van der Waals surface area contributed by atoms with Crippen molar-refractivity contribution in [2.75, 3.05) is 85.9 Å². The van der Waals surface area contributed by atoms with E-state index in [1.54, 1.807) is 0 Å². The Bertz CT molecular complexity index is 879. The SMILES string of the molecule is CC(C)(C)[Si](OCCOCCOCCOCCOCCOCCOC1CCCCO1)(c1ccccc1)c1ccccc1. The van der Waals surface area contributed by atoms with Crippen LogP contribution in [0.3, 0.4) is 0 Å². The monoisotopic (exact) mass is 604 g/mol. The highest BCUT2D eigenvalue weighted by Gasteiger charge is 2.49. The number of hydrogen-bond acceptors (Lipinski definition) is 8. The summed E-state index contributed by atoms with van der Waals surface area (Å²) in [5, 5.41) is 2.51. The van der Waals surface area contributed by atoms with E-state index >= 15 is 0 Å². The van der Waals surface area contributed by atoms with Crippen LogP contribution < -0.4 is 10.4 Å². The molecule has 0 N–H and O–H groups in total. The van der Waals surface area contributed by atoms with Gasteiger partial charge in [0.2, 0.25) is 0 Å². The lowest BCUT2D eigenvalue weighted by atomic mass is 10.2. The third-order valence-electron chi connectivity index (χ3n) is 7.12. The first kappa shape index (κ1) is 34.8. The van der Waals surface area contributed by atoms with E-state index in [0.29, 0.717) is 79.3 Å². The predicted octanol–water partition coefficient (Wildman–Crippen LogP) is 4.19. The minimum absolute atomic E-state index is 0.0446. The molecule has 1 atom stereocenters. The highest BCUT2D eigenvalue weighted by atomic mass is 28.4. The Balaban J connectivity index is 1.17. The summed E-state index contributed by atoms with van der Waals surface area (Å²) >= 11 is 0. The largest absolute Gasteiger partial charge is 0.405 e. The van der Waals surface area contributed by atoms with Gasteiger partial charge in [0.25, 0.3) is 8.32 Å². The van der Waals surface area contributed by atoms with Crippen LogP contribution in [-0.2, 0) is 37.6 Å². The topological polar surface area (TPSA) is 73.8 Å². The Morgan fingerprint density at radius 2 is 1.02 bits per heavy atom. The normalized spacial score (nSPS) is 16.1. The van der Waals surface area contributed by atoms with Crippen LogP contribution >= 0.6 is 0 Å². The van der Waals surface area contributed by atoms with Crippen LogP contribution in [0.15, 0.2) is 60.7 Å². The standard InChI is InChI=1S/C33H52O8Si/c1-33(2,3)42(30-12-6-4-7-13-30,31-14-8-5-9-15-31)41-29-27-38-25-23-36-21-19-34-18-20-35-22-24-37-26-28-40-32-16-10-11-17-39-32/h4-9,12-15,32H,10-11,16-29H2,1-3H3. The molecule has 0 aliphatic carbocycles. The van der Waals surface area contributed by atoms with Crippen LogP contribution in [0.4, 0.5) is 0 Å². The molecular formula is C33H52O8Si. The number of benzene rings is 2. The Morgan fingerprint density at radius 3 is 1.43 bits per heavy atom. The molecule has 0 aromatic heterocycles. The molecule has 42 heavy (non-hydrogen) atoms. The fraction of sp³-hybridized carbons (Fsp3) is 0.636. The van der Waals surface area contributed by atoms with Gasteiger partial charge in [0.05, 0.1) is 79.3 Å². The van der Waals surface area contributed by atoms with E-state index in [4.69, 9.17) is 37.6 Å². The van der Waals surface area contributed by atoms with Gasteiger partial charge in [-0.15, -0.1) is 0 Å². The van der Waals surface area contributed by atoms with Crippen molar-refractivity contribution in [2.24, 2.45) is 0 Å². The van der Waals surface area contributed by atoms with Crippen molar-refractivity contribution in [3.05, 3.63) is 60.7 Å². The highest BCUT2D eigenvalue weighted by Crippen LogP contribution is 2.36. The maximum Gasteiger partial charge on any atom is 0.261 e. The molecule has 2 aromatic carbocycles. The summed E-state index contributed by atoms with van der Waals surface area (Å²) in [6.45, 7) is 14.0. The fourth-order valence-electron chi connectivity index (χ4n) is 5.08. The maximum atomic E-state index is 6.84. The molecule has 0 radical (unpaired) electrons. The van der Waals surface area contributed by atoms with E-state index in [2.05, 4.69) is 81.4 Å². The summed E-state index contributed by atoms with van der Waals surface area (Å²) in [7, 11) is -2.52. The van der Waals surface area contributed by atoms with Crippen molar-refractivity contribution in [3.63, 3.8) is 0 Å². The predicted molar refractivity (Wildman–Crippen MR) is 167 cm³/mol. The van der Waals surface area contributed by atoms with Crippen LogP contribution in [0, 0.1) is 0 Å². The molecule has 0 bridgehead atoms. The van der Waals surface area contributed by atoms with Crippen molar-refractivity contribution in [1.29, 1.82) is 0 Å². The average Bonchev–Trinajstić information content (AvgIpc) is 3.01. The van der Waals surface area contributed by atoms with Gasteiger partial charge >= 0.3 is 0 Å². The zero-order valence-corrected chi connectivity index (χ0v) is 26.9. The summed E-state index contributed by atoms with van der Waals surface area (Å²) in [6, 6.07) is 21.3. The van der Waals surface area contributed by atoms with E-state index in [-0.39, 0.29) is 11.3 Å². The van der Waals surface area contributed by atoms with Crippen molar-refractivity contribution in [2.45, 2.75) is 51.4 Å². The van der Waals surface area contributed by atoms with Crippen molar-refractivity contribution in [1.82, 2.24) is 0 Å². The third-order valence-corrected chi connectivity index (χ3v) is 12.2. The van der Waals surface area contributed by atoms with Gasteiger partial charge in [-0.2, -0.15) is 0 Å². The lowest BCUT2D eigenvalue weighted by Crippen LogP contribution is -2.66. The molecule has 9 heteroatoms. The molecule has 236 valence electrons. The Kier molecular flexibility index (Phi) is 16.8. The first-order valence-corrected chi connectivity index (χ1v) is 17.3. The average molecular weight is 605 g/mol. The molecule has 3 rings (SSSR count). The lowest BCUT2D eigenvalue weighted by Gasteiger charge is -2.43. The fourth-order valence-corrected chi connectivity index (χ4v) is 9.62. The van der Waals surface area contributed by atoms with Crippen LogP contribution in [0.25, 0.3) is 0 Å². The maximum absolute atomic E-state index is 6.84. The number of ether oxygens (including phenoxy) is 7. The second-order valence-electron chi connectivity index (χ2n) is 11.2. The number of hydrogen-bond donors (Lipinski definition) is 0. The molecule has 1 aliphatic rings. The summed E-state index contributed by atoms with van der Waals surface area (Å²) in [5.74, 6) is 0. The summed E-state index contributed by atoms with van der Waals surface area (Å²) in [6.07, 6.45) is 3.21. The molecule has 0 amide bonds. The molecule has 8 nitrogen and oxygen atoms in total. The Hall–Kier alpha value is -1.66. The molecule has 0 saturated carbocycles. The molecule has 2 aromatic rings. The van der Waals surface area contributed by atoms with Crippen LogP contribution in [0.2, 0.25) is 5.04 Å². The van der Waals surface area contributed by atoms with Crippen LogP contribution in [-0.4, -0.2) is 100 Å². The van der Waals surface area contributed by atoms with E-state index in [9.17, 15) is 0 Å². The first-order chi connectivity index (χ1) is 20.5. The first-order valence-electron chi connectivity index (χ1n) is 15.4. The molecule has 1 heterocycles. The summed E-state index contributed by atoms with van der Waals surface area (Å²) < 4.78 is 46.1. The lowest BCUT2D eigenvalue weighted by molar-refractivity contribution is -0.169. The molecule has 1 unspecified atom stereocenters. The second kappa shape index (κ2) is 20.3. The smallest absolute Gasteiger partial charge is 0.261 e. The van der Waals surface area contributed by atoms with Gasteiger partial charge in [0.15, 0.2) is 6.29 Å². The van der Waals surface area contributed by atoms with Gasteiger partial charge < -0.3 is 37.6 Å². The van der Waals surface area contributed by atoms with Gasteiger partial charge in [-0.1, -0.05) is 81.4 Å². The van der Waals surface area contributed by atoms with E-state index in [1.165, 1.54) is 16.8 Å². The van der Waals surface area contributed by atoms with E-state index < -0.39 is 8.32 Å². The van der Waals surface area contributed by atoms with E-state index in [0.717, 1.165) is 19.4 Å². The third kappa shape index (κ3) is 12.1. The van der Waals surface area contributed by atoms with Crippen LogP contribution in [0.5, 0.6) is 0 Å². The summed E-state index contributed by atoms with van der Waals surface area (Å²) in [5.41, 5.74) is 0. The van der Waals surface area contributed by atoms with Crippen LogP contribution in [0.1, 0.15) is 40.0 Å². The van der Waals surface area contributed by atoms with Crippen molar-refractivity contribution < 1.29 is 37.6 Å². The summed E-state index contributed by atoms with van der Waals surface area (Å²) in [4.78, 5) is 0. The zero-order chi connectivity index (χ0) is 29.8. The molecule has 1 fully saturated rings. The molecular weight excluding hydrogens is 552 g/mol. The van der Waals surface area contributed by atoms with Gasteiger partial charge in [0.1, 0.15) is 0 Å². The van der Waals surface area contributed by atoms with Crippen molar-refractivity contribution in [3.8, 4) is 0 Å². The highest BCUT2D eigenvalue weighted by molar-refractivity contribution is 6.99. The van der Waals surface area contributed by atoms with Gasteiger partial charge in [0, 0.05) is 6.61 Å². The minimum Gasteiger partial charge on any atom is -0.405 e. The van der Waals surface area contributed by atoms with Crippen molar-refractivity contribution >= 4 is 18.7 Å². The Labute approximate surface area is 254 Å². The minimum atomic E-state index is -2.52.